The molecular formula is C24H26F3N5O4S. The van der Waals surface area contributed by atoms with E-state index in [1.165, 1.54) is 40.4 Å². The molecule has 0 bridgehead atoms. The van der Waals surface area contributed by atoms with Crippen LogP contribution in [0.5, 0.6) is 11.6 Å². The standard InChI is InChI=1S/C24H26F3N5O4S/c1-12(6-13-7-16(8-13)36-22-19(20(28)33)37-23(31-22)14-2-3-14)30-21(34)17-9-29-32-10-15(4-5-18(17)32)35-11-24(25,26)27/h4-5,9-10,12-14,16H,2-3,6-8,11H2,1H3,(H2,28,33)(H,30,34)/t12-,13?,16?/m0/s1. The Morgan fingerprint density at radius 2 is 2.05 bits per heavy atom. The van der Waals surface area contributed by atoms with Gasteiger partial charge >= 0.3 is 6.18 Å². The number of hydrogen-bond donors (Lipinski definition) is 2. The molecule has 2 aliphatic rings. The van der Waals surface area contributed by atoms with Crippen LogP contribution in [0.4, 0.5) is 13.2 Å². The summed E-state index contributed by atoms with van der Waals surface area (Å²) in [6, 6.07) is 2.75. The smallest absolute Gasteiger partial charge is 0.422 e. The largest absolute Gasteiger partial charge is 0.483 e. The molecule has 3 heterocycles. The number of amides is 2. The highest BCUT2D eigenvalue weighted by molar-refractivity contribution is 7.14. The van der Waals surface area contributed by atoms with Gasteiger partial charge in [0.15, 0.2) is 11.5 Å². The molecule has 2 amide bonds. The number of aromatic nitrogens is 3. The van der Waals surface area contributed by atoms with Crippen molar-refractivity contribution in [3.05, 3.63) is 40.0 Å². The molecule has 0 aliphatic heterocycles. The quantitative estimate of drug-likeness (QED) is 0.402. The van der Waals surface area contributed by atoms with Crippen LogP contribution in [0.1, 0.15) is 70.0 Å². The lowest BCUT2D eigenvalue weighted by Crippen LogP contribution is -2.40. The van der Waals surface area contributed by atoms with Crippen molar-refractivity contribution in [1.29, 1.82) is 0 Å². The van der Waals surface area contributed by atoms with E-state index in [-0.39, 0.29) is 23.8 Å². The van der Waals surface area contributed by atoms with E-state index in [1.54, 1.807) is 0 Å². The van der Waals surface area contributed by atoms with Crippen molar-refractivity contribution in [2.45, 2.75) is 63.3 Å². The number of nitrogens with one attached hydrogen (secondary N) is 1. The Morgan fingerprint density at radius 3 is 2.73 bits per heavy atom. The molecule has 2 fully saturated rings. The van der Waals surface area contributed by atoms with Gasteiger partial charge in [-0.15, -0.1) is 11.3 Å². The van der Waals surface area contributed by atoms with Gasteiger partial charge in [0.2, 0.25) is 5.88 Å². The fourth-order valence-electron chi connectivity index (χ4n) is 4.43. The van der Waals surface area contributed by atoms with Crippen LogP contribution < -0.4 is 20.5 Å². The summed E-state index contributed by atoms with van der Waals surface area (Å²) in [5.74, 6) is 0.251. The van der Waals surface area contributed by atoms with Crippen LogP contribution in [-0.2, 0) is 0 Å². The van der Waals surface area contributed by atoms with Crippen molar-refractivity contribution in [3.8, 4) is 11.6 Å². The minimum atomic E-state index is -4.44. The maximum Gasteiger partial charge on any atom is 0.422 e. The second-order valence-electron chi connectivity index (χ2n) is 9.67. The summed E-state index contributed by atoms with van der Waals surface area (Å²) < 4.78 is 49.1. The van der Waals surface area contributed by atoms with Gasteiger partial charge < -0.3 is 20.5 Å². The number of nitrogens with two attached hydrogens (primary N) is 1. The summed E-state index contributed by atoms with van der Waals surface area (Å²) >= 11 is 1.32. The van der Waals surface area contributed by atoms with E-state index in [1.807, 2.05) is 6.92 Å². The number of carbonyl (C=O) groups is 2. The first-order chi connectivity index (χ1) is 17.6. The minimum absolute atomic E-state index is 0.000582. The summed E-state index contributed by atoms with van der Waals surface area (Å²) in [5.41, 5.74) is 6.27. The lowest BCUT2D eigenvalue weighted by atomic mass is 9.78. The summed E-state index contributed by atoms with van der Waals surface area (Å²) in [5, 5.41) is 7.94. The minimum Gasteiger partial charge on any atom is -0.483 e. The molecular weight excluding hydrogens is 511 g/mol. The molecule has 0 radical (unpaired) electrons. The van der Waals surface area contributed by atoms with Crippen LogP contribution in [0.15, 0.2) is 24.5 Å². The van der Waals surface area contributed by atoms with Gasteiger partial charge in [0.1, 0.15) is 16.9 Å². The molecule has 9 nitrogen and oxygen atoms in total. The topological polar surface area (TPSA) is 121 Å². The first kappa shape index (κ1) is 25.3. The molecule has 3 aromatic heterocycles. The molecule has 0 saturated heterocycles. The Labute approximate surface area is 214 Å². The number of halogens is 3. The number of thiazole rings is 1. The summed E-state index contributed by atoms with van der Waals surface area (Å²) in [6.07, 6.45) is 2.65. The lowest BCUT2D eigenvalue weighted by Gasteiger charge is -2.36. The number of fused-ring (bicyclic) bond motifs is 1. The van der Waals surface area contributed by atoms with E-state index in [0.717, 1.165) is 37.1 Å². The molecule has 198 valence electrons. The van der Waals surface area contributed by atoms with Gasteiger partial charge in [0.25, 0.3) is 11.8 Å². The van der Waals surface area contributed by atoms with Crippen molar-refractivity contribution < 1.29 is 32.2 Å². The van der Waals surface area contributed by atoms with Gasteiger partial charge in [0, 0.05) is 12.0 Å². The summed E-state index contributed by atoms with van der Waals surface area (Å²) in [6.45, 7) is 0.504. The van der Waals surface area contributed by atoms with Gasteiger partial charge in [-0.2, -0.15) is 18.3 Å². The molecule has 1 atom stereocenters. The summed E-state index contributed by atoms with van der Waals surface area (Å²) in [7, 11) is 0. The average Bonchev–Trinajstić information content (AvgIpc) is 3.42. The maximum atomic E-state index is 12.8. The van der Waals surface area contributed by atoms with Gasteiger partial charge in [-0.3, -0.25) is 9.59 Å². The normalized spacial score (nSPS) is 20.3. The van der Waals surface area contributed by atoms with E-state index < -0.39 is 18.7 Å². The molecule has 2 saturated carbocycles. The molecule has 5 rings (SSSR count). The molecule has 0 spiro atoms. The van der Waals surface area contributed by atoms with E-state index >= 15 is 0 Å². The van der Waals surface area contributed by atoms with Gasteiger partial charge in [-0.25, -0.2) is 9.50 Å². The highest BCUT2D eigenvalue weighted by atomic mass is 32.1. The van der Waals surface area contributed by atoms with Gasteiger partial charge in [0.05, 0.1) is 23.5 Å². The molecule has 3 aromatic rings. The molecule has 0 aromatic carbocycles. The SMILES string of the molecule is C[C@@H](CC1CC(Oc2nc(C3CC3)sc2C(N)=O)C1)NC(=O)c1cnn2cc(OCC(F)(F)F)ccc12. The Balaban J connectivity index is 1.11. The highest BCUT2D eigenvalue weighted by Gasteiger charge is 2.35. The third-order valence-electron chi connectivity index (χ3n) is 6.43. The monoisotopic (exact) mass is 537 g/mol. The van der Waals surface area contributed by atoms with E-state index in [2.05, 4.69) is 15.4 Å². The fraction of sp³-hybridized carbons (Fsp3) is 0.500. The highest BCUT2D eigenvalue weighted by Crippen LogP contribution is 2.45. The number of nitrogens with zero attached hydrogens (tertiary/aromatic N) is 3. The second kappa shape index (κ2) is 9.84. The van der Waals surface area contributed by atoms with E-state index in [0.29, 0.717) is 33.7 Å². The Morgan fingerprint density at radius 1 is 1.30 bits per heavy atom. The Kier molecular flexibility index (Phi) is 6.73. The van der Waals surface area contributed by atoms with Crippen LogP contribution >= 0.6 is 11.3 Å². The van der Waals surface area contributed by atoms with Crippen LogP contribution in [-0.4, -0.2) is 51.3 Å². The fourth-order valence-corrected chi connectivity index (χ4v) is 5.46. The average molecular weight is 538 g/mol. The summed E-state index contributed by atoms with van der Waals surface area (Å²) in [4.78, 5) is 29.4. The predicted octanol–water partition coefficient (Wildman–Crippen LogP) is 4.07. The third kappa shape index (κ3) is 5.97. The zero-order chi connectivity index (χ0) is 26.3. The maximum absolute atomic E-state index is 12.8. The van der Waals surface area contributed by atoms with Crippen molar-refractivity contribution >= 4 is 28.7 Å². The Hall–Kier alpha value is -3.35. The van der Waals surface area contributed by atoms with Crippen LogP contribution in [0.2, 0.25) is 0 Å². The van der Waals surface area contributed by atoms with Gasteiger partial charge in [-0.1, -0.05) is 0 Å². The van der Waals surface area contributed by atoms with Crippen molar-refractivity contribution in [3.63, 3.8) is 0 Å². The number of hydrogen-bond acceptors (Lipinski definition) is 7. The predicted molar refractivity (Wildman–Crippen MR) is 128 cm³/mol. The molecule has 0 unspecified atom stereocenters. The number of alkyl halides is 3. The number of carbonyl (C=O) groups excluding carboxylic acids is 2. The zero-order valence-corrected chi connectivity index (χ0v) is 20.8. The molecule has 13 heteroatoms. The van der Waals surface area contributed by atoms with Gasteiger partial charge in [-0.05, 0) is 57.1 Å². The zero-order valence-electron chi connectivity index (χ0n) is 20.0. The molecule has 3 N–H and O–H groups in total. The van der Waals surface area contributed by atoms with Crippen LogP contribution in [0.3, 0.4) is 0 Å². The van der Waals surface area contributed by atoms with Crippen LogP contribution in [0, 0.1) is 5.92 Å². The van der Waals surface area contributed by atoms with Crippen molar-refractivity contribution in [1.82, 2.24) is 19.9 Å². The Bertz CT molecular complexity index is 1310. The number of ether oxygens (including phenoxy) is 2. The number of rotatable bonds is 10. The second-order valence-corrected chi connectivity index (χ2v) is 10.7. The molecule has 37 heavy (non-hydrogen) atoms. The van der Waals surface area contributed by atoms with Crippen molar-refractivity contribution in [2.24, 2.45) is 11.7 Å². The van der Waals surface area contributed by atoms with E-state index in [9.17, 15) is 22.8 Å². The third-order valence-corrected chi connectivity index (χ3v) is 7.65. The van der Waals surface area contributed by atoms with Crippen molar-refractivity contribution in [2.75, 3.05) is 6.61 Å². The first-order valence-corrected chi connectivity index (χ1v) is 12.8. The van der Waals surface area contributed by atoms with E-state index in [4.69, 9.17) is 15.2 Å². The lowest BCUT2D eigenvalue weighted by molar-refractivity contribution is -0.153. The molecule has 2 aliphatic carbocycles. The number of primary amides is 1. The number of pyridine rings is 1. The van der Waals surface area contributed by atoms with Crippen LogP contribution in [0.25, 0.3) is 5.52 Å². The first-order valence-electron chi connectivity index (χ1n) is 12.0.